The van der Waals surface area contributed by atoms with Gasteiger partial charge in [-0.25, -0.2) is 0 Å². The van der Waals surface area contributed by atoms with Crippen LogP contribution in [0.4, 0.5) is 0 Å². The van der Waals surface area contributed by atoms with E-state index in [0.717, 1.165) is 6.92 Å². The van der Waals surface area contributed by atoms with Crippen LogP contribution in [-0.4, -0.2) is 44.7 Å². The number of carboxylic acids is 1. The largest absolute Gasteiger partial charge is 0.481 e. The van der Waals surface area contributed by atoms with E-state index in [1.165, 1.54) is 0 Å². The van der Waals surface area contributed by atoms with Crippen LogP contribution in [0.2, 0.25) is 0 Å². The van der Waals surface area contributed by atoms with Crippen LogP contribution < -0.4 is 0 Å². The second-order valence-electron chi connectivity index (χ2n) is 3.80. The normalized spacial score (nSPS) is 8.31. The van der Waals surface area contributed by atoms with E-state index < -0.39 is 5.97 Å². The molecule has 0 aliphatic carbocycles. The van der Waals surface area contributed by atoms with Crippen LogP contribution in [0.25, 0.3) is 0 Å². The van der Waals surface area contributed by atoms with Crippen molar-refractivity contribution in [2.24, 2.45) is 0 Å². The molecule has 0 saturated carbocycles. The molecule has 16 heavy (non-hydrogen) atoms. The van der Waals surface area contributed by atoms with E-state index in [1.54, 1.807) is 41.5 Å². The number of aliphatic hydroxyl groups is 3. The van der Waals surface area contributed by atoms with Crippen molar-refractivity contribution in [1.82, 2.24) is 0 Å². The molecule has 0 aliphatic rings. The monoisotopic (exact) mass is 240 g/mol. The first-order valence-corrected chi connectivity index (χ1v) is 5.17. The summed E-state index contributed by atoms with van der Waals surface area (Å²) in [6.45, 7) is 11.4. The van der Waals surface area contributed by atoms with Crippen LogP contribution in [0.1, 0.15) is 48.5 Å². The Hall–Kier alpha value is -0.650. The maximum atomic E-state index is 9.00. The van der Waals surface area contributed by atoms with Crippen LogP contribution in [-0.2, 0) is 4.79 Å². The Morgan fingerprint density at radius 2 is 0.750 bits per heavy atom. The lowest BCUT2D eigenvalue weighted by molar-refractivity contribution is -0.134. The fourth-order valence-corrected chi connectivity index (χ4v) is 0. The number of hydrogen-bond donors (Lipinski definition) is 4. The van der Waals surface area contributed by atoms with Gasteiger partial charge < -0.3 is 20.4 Å². The Morgan fingerprint density at radius 1 is 0.750 bits per heavy atom. The molecular formula is C11H28O5. The Morgan fingerprint density at radius 3 is 0.750 bits per heavy atom. The molecule has 0 unspecified atom stereocenters. The highest BCUT2D eigenvalue weighted by molar-refractivity contribution is 5.62. The summed E-state index contributed by atoms with van der Waals surface area (Å²) in [7, 11) is 0. The highest BCUT2D eigenvalue weighted by atomic mass is 16.4. The van der Waals surface area contributed by atoms with Gasteiger partial charge in [0.1, 0.15) is 0 Å². The van der Waals surface area contributed by atoms with Crippen molar-refractivity contribution in [3.63, 3.8) is 0 Å². The lowest BCUT2D eigenvalue weighted by Gasteiger charge is -1.80. The number of carboxylic acid groups (broad SMARTS) is 1. The molecule has 0 bridgehead atoms. The van der Waals surface area contributed by atoms with Gasteiger partial charge in [0.2, 0.25) is 0 Å². The van der Waals surface area contributed by atoms with Crippen molar-refractivity contribution >= 4 is 5.97 Å². The number of aliphatic carboxylic acids is 1. The fourth-order valence-electron chi connectivity index (χ4n) is 0. The molecule has 5 nitrogen and oxygen atoms in total. The van der Waals surface area contributed by atoms with Crippen LogP contribution >= 0.6 is 0 Å². The summed E-state index contributed by atoms with van der Waals surface area (Å²) in [6.07, 6.45) is -0.500. The first-order chi connectivity index (χ1) is 6.93. The number of rotatable bonds is 0. The van der Waals surface area contributed by atoms with Crippen molar-refractivity contribution in [1.29, 1.82) is 0 Å². The van der Waals surface area contributed by atoms with Crippen LogP contribution in [0.5, 0.6) is 0 Å². The molecule has 0 radical (unpaired) electrons. The standard InChI is InChI=1S/3C3H8O.C2H4O2/c3*1-3(2)4;1-2(3)4/h3*3-4H,1-2H3;1H3,(H,3,4). The van der Waals surface area contributed by atoms with E-state index in [9.17, 15) is 0 Å². The zero-order valence-corrected chi connectivity index (χ0v) is 11.4. The SMILES string of the molecule is CC(=O)O.CC(C)O.CC(C)O.CC(C)O. The first kappa shape index (κ1) is 24.5. The molecule has 0 fully saturated rings. The second kappa shape index (κ2) is 19.9. The summed E-state index contributed by atoms with van der Waals surface area (Å²) < 4.78 is 0. The Kier molecular flexibility index (Phi) is 30.4. The minimum atomic E-state index is -0.833. The third-order valence-corrected chi connectivity index (χ3v) is 0. The van der Waals surface area contributed by atoms with Crippen LogP contribution in [0.15, 0.2) is 0 Å². The van der Waals surface area contributed by atoms with Gasteiger partial charge in [0.15, 0.2) is 0 Å². The number of aliphatic hydroxyl groups excluding tert-OH is 3. The second-order valence-corrected chi connectivity index (χ2v) is 3.80. The van der Waals surface area contributed by atoms with Crippen molar-refractivity contribution in [3.05, 3.63) is 0 Å². The topological polar surface area (TPSA) is 98.0 Å². The van der Waals surface area contributed by atoms with E-state index in [0.29, 0.717) is 0 Å². The Bertz CT molecular complexity index is 95.0. The van der Waals surface area contributed by atoms with Gasteiger partial charge in [-0.3, -0.25) is 4.79 Å². The summed E-state index contributed by atoms with van der Waals surface area (Å²) in [5, 5.41) is 31.6. The fraction of sp³-hybridized carbons (Fsp3) is 0.909. The molecule has 4 N–H and O–H groups in total. The van der Waals surface area contributed by atoms with E-state index >= 15 is 0 Å². The lowest BCUT2D eigenvalue weighted by atomic mass is 10.5. The van der Waals surface area contributed by atoms with Gasteiger partial charge in [0.05, 0.1) is 0 Å². The third kappa shape index (κ3) is 4820. The smallest absolute Gasteiger partial charge is 0.300 e. The zero-order valence-electron chi connectivity index (χ0n) is 11.4. The Labute approximate surface area is 98.7 Å². The maximum absolute atomic E-state index is 9.00. The molecule has 0 aromatic carbocycles. The molecule has 0 saturated heterocycles. The molecule has 0 spiro atoms. The van der Waals surface area contributed by atoms with Gasteiger partial charge in [-0.05, 0) is 41.5 Å². The minimum Gasteiger partial charge on any atom is -0.481 e. The Balaban J connectivity index is -0.0000000600. The minimum absolute atomic E-state index is 0.167. The maximum Gasteiger partial charge on any atom is 0.300 e. The molecule has 0 heterocycles. The molecule has 0 atom stereocenters. The van der Waals surface area contributed by atoms with Gasteiger partial charge >= 0.3 is 0 Å². The molecule has 0 amide bonds. The van der Waals surface area contributed by atoms with E-state index in [2.05, 4.69) is 0 Å². The summed E-state index contributed by atoms with van der Waals surface area (Å²) in [5.41, 5.74) is 0. The first-order valence-electron chi connectivity index (χ1n) is 5.17. The van der Waals surface area contributed by atoms with Crippen LogP contribution in [0.3, 0.4) is 0 Å². The van der Waals surface area contributed by atoms with Crippen molar-refractivity contribution < 1.29 is 25.2 Å². The van der Waals surface area contributed by atoms with Crippen molar-refractivity contribution in [2.75, 3.05) is 0 Å². The zero-order chi connectivity index (χ0) is 14.3. The average Bonchev–Trinajstić information content (AvgIpc) is 1.76. The summed E-state index contributed by atoms with van der Waals surface area (Å²) in [5.74, 6) is -0.833. The number of carbonyl (C=O) groups is 1. The van der Waals surface area contributed by atoms with E-state index in [4.69, 9.17) is 25.2 Å². The number of hydrogen-bond acceptors (Lipinski definition) is 4. The summed E-state index contributed by atoms with van der Waals surface area (Å²) in [6, 6.07) is 0. The molecule has 0 aromatic heterocycles. The predicted octanol–water partition coefficient (Wildman–Crippen LogP) is 1.25. The van der Waals surface area contributed by atoms with Gasteiger partial charge in [-0.2, -0.15) is 0 Å². The molecule has 0 rings (SSSR count). The quantitative estimate of drug-likeness (QED) is 0.511. The summed E-state index contributed by atoms with van der Waals surface area (Å²) in [4.78, 5) is 9.00. The van der Waals surface area contributed by atoms with E-state index in [1.807, 2.05) is 0 Å². The average molecular weight is 240 g/mol. The molecule has 102 valence electrons. The molecule has 5 heteroatoms. The molecule has 0 aliphatic heterocycles. The highest BCUT2D eigenvalue weighted by Gasteiger charge is 1.70. The lowest BCUT2D eigenvalue weighted by Crippen LogP contribution is -1.85. The highest BCUT2D eigenvalue weighted by Crippen LogP contribution is 1.65. The van der Waals surface area contributed by atoms with Crippen LogP contribution in [0, 0.1) is 0 Å². The van der Waals surface area contributed by atoms with Gasteiger partial charge in [0.25, 0.3) is 5.97 Å². The van der Waals surface area contributed by atoms with Crippen molar-refractivity contribution in [3.8, 4) is 0 Å². The van der Waals surface area contributed by atoms with Crippen molar-refractivity contribution in [2.45, 2.75) is 66.8 Å². The van der Waals surface area contributed by atoms with Gasteiger partial charge in [-0.1, -0.05) is 0 Å². The summed E-state index contributed by atoms with van der Waals surface area (Å²) >= 11 is 0. The van der Waals surface area contributed by atoms with E-state index in [-0.39, 0.29) is 18.3 Å². The van der Waals surface area contributed by atoms with Gasteiger partial charge in [-0.15, -0.1) is 0 Å². The third-order valence-electron chi connectivity index (χ3n) is 0. The molecular weight excluding hydrogens is 212 g/mol. The predicted molar refractivity (Wildman–Crippen MR) is 65.4 cm³/mol. The molecule has 0 aromatic rings. The van der Waals surface area contributed by atoms with Gasteiger partial charge in [0, 0.05) is 25.2 Å².